The lowest BCUT2D eigenvalue weighted by Crippen LogP contribution is -2.34. The van der Waals surface area contributed by atoms with Crippen LogP contribution in [0.3, 0.4) is 0 Å². The molecule has 21 heavy (non-hydrogen) atoms. The first-order valence-electron chi connectivity index (χ1n) is 7.99. The Kier molecular flexibility index (Phi) is 4.56. The van der Waals surface area contributed by atoms with Gasteiger partial charge in [0.15, 0.2) is 0 Å². The minimum atomic E-state index is 0.400. The van der Waals surface area contributed by atoms with E-state index in [1.165, 1.54) is 29.7 Å². The summed E-state index contributed by atoms with van der Waals surface area (Å²) >= 11 is 0. The van der Waals surface area contributed by atoms with Gasteiger partial charge in [0.1, 0.15) is 0 Å². The fraction of sp³-hybridized carbons (Fsp3) is 0.368. The van der Waals surface area contributed by atoms with Crippen molar-refractivity contribution < 1.29 is 0 Å². The van der Waals surface area contributed by atoms with Gasteiger partial charge in [-0.25, -0.2) is 0 Å². The zero-order valence-electron chi connectivity index (χ0n) is 12.8. The Morgan fingerprint density at radius 1 is 1.05 bits per heavy atom. The number of fused-ring (bicyclic) bond motifs is 1. The molecule has 2 heteroatoms. The van der Waals surface area contributed by atoms with Crippen molar-refractivity contribution in [3.8, 4) is 0 Å². The second kappa shape index (κ2) is 6.77. The summed E-state index contributed by atoms with van der Waals surface area (Å²) < 4.78 is 0. The van der Waals surface area contributed by atoms with Crippen LogP contribution in [0.15, 0.2) is 54.6 Å². The van der Waals surface area contributed by atoms with E-state index in [2.05, 4.69) is 71.7 Å². The smallest absolute Gasteiger partial charge is 0.0498 e. The second-order valence-electron chi connectivity index (χ2n) is 5.74. The molecular weight excluding hydrogens is 256 g/mol. The molecule has 2 aromatic rings. The Morgan fingerprint density at radius 3 is 2.62 bits per heavy atom. The summed E-state index contributed by atoms with van der Waals surface area (Å²) in [6.45, 7) is 5.47. The van der Waals surface area contributed by atoms with Crippen molar-refractivity contribution >= 4 is 5.69 Å². The third-order valence-electron chi connectivity index (χ3n) is 4.23. The Morgan fingerprint density at radius 2 is 1.81 bits per heavy atom. The first-order chi connectivity index (χ1) is 10.4. The topological polar surface area (TPSA) is 15.3 Å². The molecule has 1 N–H and O–H groups in total. The summed E-state index contributed by atoms with van der Waals surface area (Å²) in [6.07, 6.45) is 2.34. The molecule has 1 atom stereocenters. The zero-order chi connectivity index (χ0) is 14.5. The number of anilines is 1. The van der Waals surface area contributed by atoms with E-state index in [9.17, 15) is 0 Å². The van der Waals surface area contributed by atoms with Gasteiger partial charge in [0.25, 0.3) is 0 Å². The summed E-state index contributed by atoms with van der Waals surface area (Å²) in [4.78, 5) is 2.52. The van der Waals surface area contributed by atoms with Gasteiger partial charge in [0, 0.05) is 24.8 Å². The third kappa shape index (κ3) is 3.27. The first-order valence-corrected chi connectivity index (χ1v) is 7.99. The molecule has 1 heterocycles. The quantitative estimate of drug-likeness (QED) is 0.866. The van der Waals surface area contributed by atoms with Gasteiger partial charge in [0.2, 0.25) is 0 Å². The average molecular weight is 280 g/mol. The molecule has 2 nitrogen and oxygen atoms in total. The van der Waals surface area contributed by atoms with E-state index in [1.807, 2.05) is 0 Å². The van der Waals surface area contributed by atoms with Crippen molar-refractivity contribution in [1.82, 2.24) is 5.32 Å². The molecular formula is C19H24N2. The Hall–Kier alpha value is -1.80. The number of hydrogen-bond acceptors (Lipinski definition) is 2. The van der Waals surface area contributed by atoms with Crippen LogP contribution in [0.25, 0.3) is 0 Å². The van der Waals surface area contributed by atoms with E-state index < -0.39 is 0 Å². The molecule has 1 unspecified atom stereocenters. The maximum atomic E-state index is 3.70. The molecule has 0 saturated heterocycles. The number of nitrogens with one attached hydrogen (secondary N) is 1. The van der Waals surface area contributed by atoms with Gasteiger partial charge in [0.05, 0.1) is 0 Å². The molecule has 110 valence electrons. The van der Waals surface area contributed by atoms with Gasteiger partial charge in [-0.05, 0) is 36.6 Å². The maximum Gasteiger partial charge on any atom is 0.0498 e. The summed E-state index contributed by atoms with van der Waals surface area (Å²) in [7, 11) is 0. The monoisotopic (exact) mass is 280 g/mol. The highest BCUT2D eigenvalue weighted by molar-refractivity contribution is 5.58. The van der Waals surface area contributed by atoms with E-state index in [0.29, 0.717) is 6.04 Å². The Balaban J connectivity index is 1.76. The van der Waals surface area contributed by atoms with Crippen LogP contribution in [0.2, 0.25) is 0 Å². The van der Waals surface area contributed by atoms with E-state index in [1.54, 1.807) is 0 Å². The fourth-order valence-corrected chi connectivity index (χ4v) is 3.11. The molecule has 0 aromatic heterocycles. The molecule has 0 radical (unpaired) electrons. The minimum absolute atomic E-state index is 0.400. The highest BCUT2D eigenvalue weighted by Gasteiger charge is 2.22. The highest BCUT2D eigenvalue weighted by atomic mass is 15.2. The third-order valence-corrected chi connectivity index (χ3v) is 4.23. The number of para-hydroxylation sites is 1. The van der Waals surface area contributed by atoms with E-state index in [4.69, 9.17) is 0 Å². The normalized spacial score (nSPS) is 15.0. The molecule has 2 aromatic carbocycles. The fourth-order valence-electron chi connectivity index (χ4n) is 3.11. The molecule has 1 aliphatic rings. The van der Waals surface area contributed by atoms with Crippen LogP contribution in [-0.2, 0) is 6.42 Å². The Bertz CT molecular complexity index is 565. The molecule has 0 saturated carbocycles. The first kappa shape index (κ1) is 14.2. The van der Waals surface area contributed by atoms with Crippen LogP contribution in [0.5, 0.6) is 0 Å². The molecule has 0 fully saturated rings. The van der Waals surface area contributed by atoms with Crippen LogP contribution >= 0.6 is 0 Å². The van der Waals surface area contributed by atoms with Crippen molar-refractivity contribution in [3.63, 3.8) is 0 Å². The van der Waals surface area contributed by atoms with Crippen LogP contribution in [0, 0.1) is 0 Å². The van der Waals surface area contributed by atoms with E-state index in [-0.39, 0.29) is 0 Å². The average Bonchev–Trinajstić information content (AvgIpc) is 2.95. The van der Waals surface area contributed by atoms with Crippen LogP contribution in [0.4, 0.5) is 5.69 Å². The predicted molar refractivity (Wildman–Crippen MR) is 89.8 cm³/mol. The van der Waals surface area contributed by atoms with E-state index >= 15 is 0 Å². The summed E-state index contributed by atoms with van der Waals surface area (Å²) in [5, 5.41) is 3.70. The number of rotatable bonds is 6. The van der Waals surface area contributed by atoms with Crippen molar-refractivity contribution in [2.24, 2.45) is 0 Å². The van der Waals surface area contributed by atoms with Crippen molar-refractivity contribution in [3.05, 3.63) is 65.7 Å². The van der Waals surface area contributed by atoms with Gasteiger partial charge in [-0.2, -0.15) is 0 Å². The highest BCUT2D eigenvalue weighted by Crippen LogP contribution is 2.29. The summed E-state index contributed by atoms with van der Waals surface area (Å²) in [5.74, 6) is 0. The van der Waals surface area contributed by atoms with Crippen LogP contribution in [-0.4, -0.2) is 19.6 Å². The largest absolute Gasteiger partial charge is 0.369 e. The molecule has 3 rings (SSSR count). The van der Waals surface area contributed by atoms with Crippen LogP contribution < -0.4 is 10.2 Å². The molecule has 0 amide bonds. The van der Waals surface area contributed by atoms with Gasteiger partial charge in [-0.1, -0.05) is 55.5 Å². The van der Waals surface area contributed by atoms with Crippen molar-refractivity contribution in [1.29, 1.82) is 0 Å². The Labute approximate surface area is 127 Å². The number of hydrogen-bond donors (Lipinski definition) is 1. The molecule has 1 aliphatic heterocycles. The van der Waals surface area contributed by atoms with Crippen molar-refractivity contribution in [2.45, 2.75) is 25.8 Å². The predicted octanol–water partition coefficient (Wildman–Crippen LogP) is 3.79. The van der Waals surface area contributed by atoms with Crippen LogP contribution in [0.1, 0.15) is 30.5 Å². The number of nitrogens with zero attached hydrogens (tertiary/aromatic N) is 1. The second-order valence-corrected chi connectivity index (χ2v) is 5.74. The summed E-state index contributed by atoms with van der Waals surface area (Å²) in [5.41, 5.74) is 4.28. The lowest BCUT2D eigenvalue weighted by molar-refractivity contribution is 0.524. The maximum absolute atomic E-state index is 3.70. The molecule has 0 spiro atoms. The zero-order valence-corrected chi connectivity index (χ0v) is 12.8. The van der Waals surface area contributed by atoms with Gasteiger partial charge < -0.3 is 10.2 Å². The standard InChI is InChI=1S/C19H24N2/c1-2-13-20-18(16-8-4-3-5-9-16)15-21-14-12-17-10-6-7-11-19(17)21/h3-11,18,20H,2,12-15H2,1H3. The van der Waals surface area contributed by atoms with Crippen molar-refractivity contribution in [2.75, 3.05) is 24.5 Å². The lowest BCUT2D eigenvalue weighted by atomic mass is 10.1. The van der Waals surface area contributed by atoms with Gasteiger partial charge in [-0.15, -0.1) is 0 Å². The number of benzene rings is 2. The molecule has 0 bridgehead atoms. The SMILES string of the molecule is CCCNC(CN1CCc2ccccc21)c1ccccc1. The van der Waals surface area contributed by atoms with Gasteiger partial charge >= 0.3 is 0 Å². The van der Waals surface area contributed by atoms with E-state index in [0.717, 1.165) is 19.6 Å². The minimum Gasteiger partial charge on any atom is -0.369 e. The summed E-state index contributed by atoms with van der Waals surface area (Å²) in [6, 6.07) is 20.0. The lowest BCUT2D eigenvalue weighted by Gasteiger charge is -2.27. The molecule has 0 aliphatic carbocycles. The van der Waals surface area contributed by atoms with Gasteiger partial charge in [-0.3, -0.25) is 0 Å².